The maximum Gasteiger partial charge on any atom is 0.311 e. The minimum atomic E-state index is -1.97. The van der Waals surface area contributed by atoms with E-state index in [1.54, 1.807) is 0 Å². The molecule has 0 bridgehead atoms. The first-order valence-corrected chi connectivity index (χ1v) is 3.21. The van der Waals surface area contributed by atoms with Gasteiger partial charge in [0.15, 0.2) is 5.79 Å². The minimum absolute atomic E-state index is 0.171. The van der Waals surface area contributed by atoms with Gasteiger partial charge >= 0.3 is 5.97 Å². The lowest BCUT2D eigenvalue weighted by Crippen LogP contribution is -2.37. The highest BCUT2D eigenvalue weighted by atomic mass is 16.5. The van der Waals surface area contributed by atoms with Crippen molar-refractivity contribution in [3.8, 4) is 0 Å². The van der Waals surface area contributed by atoms with Crippen molar-refractivity contribution < 1.29 is 20.1 Å². The fourth-order valence-electron chi connectivity index (χ4n) is 1.29. The molecule has 0 aromatic carbocycles. The fraction of sp³-hybridized carbons (Fsp3) is 0.833. The van der Waals surface area contributed by atoms with Crippen LogP contribution in [0.25, 0.3) is 0 Å². The van der Waals surface area contributed by atoms with Crippen LogP contribution in [0.5, 0.6) is 0 Å². The molecule has 1 saturated carbocycles. The van der Waals surface area contributed by atoms with Crippen LogP contribution < -0.4 is 0 Å². The summed E-state index contributed by atoms with van der Waals surface area (Å²) in [5, 5.41) is 26.4. The topological polar surface area (TPSA) is 77.8 Å². The number of carbonyl (C=O) groups is 1. The molecule has 3 N–H and O–H groups in total. The van der Waals surface area contributed by atoms with Gasteiger partial charge in [-0.05, 0) is 12.8 Å². The van der Waals surface area contributed by atoms with Crippen molar-refractivity contribution in [2.75, 3.05) is 0 Å². The largest absolute Gasteiger partial charge is 0.481 e. The van der Waals surface area contributed by atoms with Crippen molar-refractivity contribution >= 4 is 5.97 Å². The van der Waals surface area contributed by atoms with Crippen LogP contribution in [0.4, 0.5) is 0 Å². The Morgan fingerprint density at radius 3 is 2.30 bits per heavy atom. The first-order valence-electron chi connectivity index (χ1n) is 3.21. The standard InChI is InChI=1S/C6H10O4/c7-5(8)4-2-1-3-6(4,9)10/h4,9-10H,1-3H2,(H,7,8). The maximum absolute atomic E-state index is 10.3. The molecule has 10 heavy (non-hydrogen) atoms. The van der Waals surface area contributed by atoms with Crippen LogP contribution in [-0.2, 0) is 4.79 Å². The monoisotopic (exact) mass is 146 g/mol. The van der Waals surface area contributed by atoms with Crippen molar-refractivity contribution in [1.82, 2.24) is 0 Å². The number of hydrogen-bond donors (Lipinski definition) is 3. The van der Waals surface area contributed by atoms with Gasteiger partial charge in [-0.1, -0.05) is 0 Å². The summed E-state index contributed by atoms with van der Waals surface area (Å²) in [5.74, 6) is -4.08. The molecular formula is C6H10O4. The third kappa shape index (κ3) is 1.12. The van der Waals surface area contributed by atoms with Crippen LogP contribution >= 0.6 is 0 Å². The van der Waals surface area contributed by atoms with E-state index in [9.17, 15) is 4.79 Å². The molecule has 0 radical (unpaired) electrons. The predicted octanol–water partition coefficient (Wildman–Crippen LogP) is -0.448. The zero-order chi connectivity index (χ0) is 7.78. The smallest absolute Gasteiger partial charge is 0.311 e. The summed E-state index contributed by atoms with van der Waals surface area (Å²) in [6.07, 6.45) is 1.11. The number of carboxylic acid groups (broad SMARTS) is 1. The number of hydrogen-bond acceptors (Lipinski definition) is 3. The number of carboxylic acids is 1. The van der Waals surface area contributed by atoms with E-state index in [0.717, 1.165) is 0 Å². The molecule has 58 valence electrons. The normalized spacial score (nSPS) is 30.4. The maximum atomic E-state index is 10.3. The molecule has 0 aromatic heterocycles. The van der Waals surface area contributed by atoms with Crippen molar-refractivity contribution in [3.63, 3.8) is 0 Å². The van der Waals surface area contributed by atoms with Gasteiger partial charge < -0.3 is 15.3 Å². The predicted molar refractivity (Wildman–Crippen MR) is 32.1 cm³/mol. The summed E-state index contributed by atoms with van der Waals surface area (Å²) in [6, 6.07) is 0. The van der Waals surface area contributed by atoms with Gasteiger partial charge in [0.2, 0.25) is 0 Å². The van der Waals surface area contributed by atoms with Crippen LogP contribution in [0.1, 0.15) is 19.3 Å². The molecule has 1 rings (SSSR count). The molecule has 0 saturated heterocycles. The molecule has 1 aliphatic carbocycles. The quantitative estimate of drug-likeness (QED) is 0.438. The van der Waals surface area contributed by atoms with Gasteiger partial charge in [-0.15, -0.1) is 0 Å². The van der Waals surface area contributed by atoms with E-state index in [4.69, 9.17) is 15.3 Å². The molecule has 4 nitrogen and oxygen atoms in total. The van der Waals surface area contributed by atoms with E-state index in [0.29, 0.717) is 12.8 Å². The highest BCUT2D eigenvalue weighted by molar-refractivity contribution is 5.71. The molecule has 0 aliphatic heterocycles. The Morgan fingerprint density at radius 1 is 1.50 bits per heavy atom. The van der Waals surface area contributed by atoms with Gasteiger partial charge in [0.05, 0.1) is 0 Å². The molecule has 1 fully saturated rings. The van der Waals surface area contributed by atoms with Gasteiger partial charge in [-0.2, -0.15) is 0 Å². The van der Waals surface area contributed by atoms with Crippen LogP contribution in [0.2, 0.25) is 0 Å². The third-order valence-corrected chi connectivity index (χ3v) is 1.89. The molecular weight excluding hydrogens is 136 g/mol. The molecule has 1 aliphatic rings. The van der Waals surface area contributed by atoms with Gasteiger partial charge in [0.25, 0.3) is 0 Å². The van der Waals surface area contributed by atoms with Gasteiger partial charge in [-0.25, -0.2) is 0 Å². The second-order valence-corrected chi connectivity index (χ2v) is 2.66. The van der Waals surface area contributed by atoms with Crippen LogP contribution in [0, 0.1) is 5.92 Å². The van der Waals surface area contributed by atoms with Crippen molar-refractivity contribution in [3.05, 3.63) is 0 Å². The summed E-state index contributed by atoms with van der Waals surface area (Å²) < 4.78 is 0. The zero-order valence-electron chi connectivity index (χ0n) is 5.45. The van der Waals surface area contributed by atoms with Gasteiger partial charge in [-0.3, -0.25) is 4.79 Å². The lowest BCUT2D eigenvalue weighted by Gasteiger charge is -2.19. The van der Waals surface area contributed by atoms with Crippen LogP contribution in [-0.4, -0.2) is 27.1 Å². The van der Waals surface area contributed by atoms with Crippen molar-refractivity contribution in [2.45, 2.75) is 25.0 Å². The number of aliphatic hydroxyl groups is 2. The van der Waals surface area contributed by atoms with Crippen molar-refractivity contribution in [2.24, 2.45) is 5.92 Å². The molecule has 1 atom stereocenters. The molecule has 1 unspecified atom stereocenters. The van der Waals surface area contributed by atoms with E-state index in [-0.39, 0.29) is 6.42 Å². The fourth-order valence-corrected chi connectivity index (χ4v) is 1.29. The Kier molecular flexibility index (Phi) is 1.66. The Bertz CT molecular complexity index is 152. The first kappa shape index (κ1) is 7.50. The second kappa shape index (κ2) is 2.21. The molecule has 0 heterocycles. The van der Waals surface area contributed by atoms with E-state index < -0.39 is 17.7 Å². The summed E-state index contributed by atoms with van der Waals surface area (Å²) in [5.41, 5.74) is 0. The first-order chi connectivity index (χ1) is 4.54. The van der Waals surface area contributed by atoms with Crippen LogP contribution in [0.3, 0.4) is 0 Å². The average Bonchev–Trinajstić information content (AvgIpc) is 2.08. The van der Waals surface area contributed by atoms with E-state index in [2.05, 4.69) is 0 Å². The highest BCUT2D eigenvalue weighted by Crippen LogP contribution is 2.33. The number of aliphatic carboxylic acids is 1. The Balaban J connectivity index is 2.68. The lowest BCUT2D eigenvalue weighted by molar-refractivity contribution is -0.198. The van der Waals surface area contributed by atoms with E-state index >= 15 is 0 Å². The highest BCUT2D eigenvalue weighted by Gasteiger charge is 2.43. The average molecular weight is 146 g/mol. The second-order valence-electron chi connectivity index (χ2n) is 2.66. The van der Waals surface area contributed by atoms with Gasteiger partial charge in [0.1, 0.15) is 5.92 Å². The number of rotatable bonds is 1. The van der Waals surface area contributed by atoms with E-state index in [1.807, 2.05) is 0 Å². The lowest BCUT2D eigenvalue weighted by atomic mass is 10.0. The molecule has 0 amide bonds. The third-order valence-electron chi connectivity index (χ3n) is 1.89. The Labute approximate surface area is 58.1 Å². The summed E-state index contributed by atoms with van der Waals surface area (Å²) in [4.78, 5) is 10.3. The van der Waals surface area contributed by atoms with Gasteiger partial charge in [0, 0.05) is 6.42 Å². The minimum Gasteiger partial charge on any atom is -0.481 e. The Hall–Kier alpha value is -0.610. The SMILES string of the molecule is O=C(O)C1CCCC1(O)O. The molecule has 0 aromatic rings. The van der Waals surface area contributed by atoms with Crippen molar-refractivity contribution in [1.29, 1.82) is 0 Å². The summed E-state index contributed by atoms with van der Waals surface area (Å²) in [6.45, 7) is 0. The zero-order valence-corrected chi connectivity index (χ0v) is 5.45. The van der Waals surface area contributed by atoms with Crippen LogP contribution in [0.15, 0.2) is 0 Å². The van der Waals surface area contributed by atoms with E-state index in [1.165, 1.54) is 0 Å². The molecule has 0 spiro atoms. The Morgan fingerprint density at radius 2 is 2.10 bits per heavy atom. The molecule has 4 heteroatoms. The summed E-state index contributed by atoms with van der Waals surface area (Å²) in [7, 11) is 0. The summed E-state index contributed by atoms with van der Waals surface area (Å²) >= 11 is 0.